The molecule has 13 heteroatoms. The Labute approximate surface area is 227 Å². The van der Waals surface area contributed by atoms with Crippen LogP contribution in [0.2, 0.25) is 0 Å². The fraction of sp³-hybridized carbons (Fsp3) is 0.259. The first-order valence-electron chi connectivity index (χ1n) is 12.1. The van der Waals surface area contributed by atoms with Crippen LogP contribution in [-0.4, -0.2) is 52.5 Å². The molecule has 0 saturated carbocycles. The Morgan fingerprint density at radius 1 is 1.10 bits per heavy atom. The van der Waals surface area contributed by atoms with Crippen LogP contribution in [-0.2, 0) is 4.74 Å². The van der Waals surface area contributed by atoms with E-state index in [1.54, 1.807) is 42.9 Å². The van der Waals surface area contributed by atoms with Crippen molar-refractivity contribution in [3.05, 3.63) is 77.2 Å². The number of anilines is 3. The Balaban J connectivity index is 1.57. The van der Waals surface area contributed by atoms with Gasteiger partial charge in [-0.2, -0.15) is 5.10 Å². The van der Waals surface area contributed by atoms with Crippen LogP contribution in [0, 0.1) is 13.8 Å². The molecule has 0 fully saturated rings. The number of nitrogens with one attached hydrogen (secondary N) is 3. The van der Waals surface area contributed by atoms with Gasteiger partial charge in [-0.3, -0.25) is 9.59 Å². The van der Waals surface area contributed by atoms with Gasteiger partial charge in [0.2, 0.25) is 0 Å². The van der Waals surface area contributed by atoms with E-state index < -0.39 is 18.0 Å². The number of nitrogens with zero attached hydrogens (tertiary/aromatic N) is 3. The van der Waals surface area contributed by atoms with Gasteiger partial charge in [-0.15, -0.1) is 13.2 Å². The third kappa shape index (κ3) is 6.67. The number of hydrogen-bond acceptors (Lipinski definition) is 7. The molecule has 0 aliphatic heterocycles. The van der Waals surface area contributed by atoms with E-state index in [0.717, 1.165) is 17.7 Å². The molecule has 2 heterocycles. The number of hydrogen-bond donors (Lipinski definition) is 3. The van der Waals surface area contributed by atoms with Crippen LogP contribution in [0.4, 0.5) is 30.4 Å². The summed E-state index contributed by atoms with van der Waals surface area (Å²) in [5.74, 6) is -0.959. The van der Waals surface area contributed by atoms with E-state index in [1.807, 2.05) is 13.8 Å². The Morgan fingerprint density at radius 3 is 2.60 bits per heavy atom. The first kappa shape index (κ1) is 28.4. The second kappa shape index (κ2) is 11.6. The summed E-state index contributed by atoms with van der Waals surface area (Å²) in [6.07, 6.45) is -1.90. The molecule has 0 radical (unpaired) electrons. The summed E-state index contributed by atoms with van der Waals surface area (Å²) in [6.45, 7) is 5.84. The number of rotatable bonds is 9. The van der Waals surface area contributed by atoms with E-state index in [1.165, 1.54) is 18.5 Å². The number of aromatic nitrogens is 3. The molecule has 10 nitrogen and oxygen atoms in total. The van der Waals surface area contributed by atoms with Gasteiger partial charge in [0, 0.05) is 36.3 Å². The lowest BCUT2D eigenvalue weighted by atomic mass is 10.1. The average molecular weight is 557 g/mol. The minimum absolute atomic E-state index is 0.0104. The molecule has 2 amide bonds. The van der Waals surface area contributed by atoms with Crippen LogP contribution in [0.1, 0.15) is 38.8 Å². The standard InChI is InChI=1S/C27H27F3N6O4/c1-15-8-9-19(34-25(37)18-6-5-7-20(10-18)40-27(28,29)30)11-22(15)35-24-23-17(3)21(12-36(23)32-14-31-24)26(38)33-16(2)13-39-4/h5-12,14,16H,13H2,1-4H3,(H,33,38)(H,34,37)(H,31,32,35)/t16-/m0/s1. The zero-order valence-electron chi connectivity index (χ0n) is 22.1. The van der Waals surface area contributed by atoms with Gasteiger partial charge in [-0.1, -0.05) is 12.1 Å². The summed E-state index contributed by atoms with van der Waals surface area (Å²) in [6, 6.07) is 9.70. The summed E-state index contributed by atoms with van der Waals surface area (Å²) in [4.78, 5) is 30.0. The highest BCUT2D eigenvalue weighted by Gasteiger charge is 2.31. The van der Waals surface area contributed by atoms with Crippen molar-refractivity contribution in [2.75, 3.05) is 24.4 Å². The topological polar surface area (TPSA) is 119 Å². The molecular formula is C27H27F3N6O4. The summed E-state index contributed by atoms with van der Waals surface area (Å²) in [7, 11) is 1.56. The first-order valence-corrected chi connectivity index (χ1v) is 12.1. The molecule has 0 aliphatic carbocycles. The molecule has 4 rings (SSSR count). The van der Waals surface area contributed by atoms with Crippen molar-refractivity contribution >= 4 is 34.5 Å². The van der Waals surface area contributed by atoms with Gasteiger partial charge < -0.3 is 25.4 Å². The number of halogens is 3. The molecule has 0 unspecified atom stereocenters. The van der Waals surface area contributed by atoms with Crippen LogP contribution in [0.25, 0.3) is 5.52 Å². The van der Waals surface area contributed by atoms with Crippen LogP contribution >= 0.6 is 0 Å². The van der Waals surface area contributed by atoms with Crippen molar-refractivity contribution in [1.29, 1.82) is 0 Å². The number of ether oxygens (including phenoxy) is 2. The minimum atomic E-state index is -4.87. The maximum atomic E-state index is 12.8. The Bertz CT molecular complexity index is 1550. The second-order valence-corrected chi connectivity index (χ2v) is 9.08. The van der Waals surface area contributed by atoms with E-state index in [9.17, 15) is 22.8 Å². The maximum Gasteiger partial charge on any atom is 0.573 e. The van der Waals surface area contributed by atoms with Crippen molar-refractivity contribution in [3.63, 3.8) is 0 Å². The largest absolute Gasteiger partial charge is 0.573 e. The molecule has 0 spiro atoms. The third-order valence-electron chi connectivity index (χ3n) is 5.94. The van der Waals surface area contributed by atoms with Crippen molar-refractivity contribution in [3.8, 4) is 5.75 Å². The van der Waals surface area contributed by atoms with Crippen molar-refractivity contribution < 1.29 is 32.2 Å². The molecule has 3 N–H and O–H groups in total. The highest BCUT2D eigenvalue weighted by Crippen LogP contribution is 2.29. The van der Waals surface area contributed by atoms with Crippen molar-refractivity contribution in [2.24, 2.45) is 0 Å². The van der Waals surface area contributed by atoms with Crippen LogP contribution < -0.4 is 20.7 Å². The highest BCUT2D eigenvalue weighted by molar-refractivity contribution is 6.05. The molecule has 2 aromatic carbocycles. The number of carbonyl (C=O) groups is 2. The number of benzene rings is 2. The molecule has 0 bridgehead atoms. The Hall–Kier alpha value is -4.65. The number of fused-ring (bicyclic) bond motifs is 1. The van der Waals surface area contributed by atoms with Crippen LogP contribution in [0.3, 0.4) is 0 Å². The molecule has 40 heavy (non-hydrogen) atoms. The predicted molar refractivity (Wildman–Crippen MR) is 142 cm³/mol. The van der Waals surface area contributed by atoms with Gasteiger partial charge in [0.25, 0.3) is 11.8 Å². The molecular weight excluding hydrogens is 529 g/mol. The highest BCUT2D eigenvalue weighted by atomic mass is 19.4. The fourth-order valence-electron chi connectivity index (χ4n) is 4.07. The molecule has 0 saturated heterocycles. The van der Waals surface area contributed by atoms with E-state index in [0.29, 0.717) is 40.4 Å². The smallest absolute Gasteiger partial charge is 0.406 e. The van der Waals surface area contributed by atoms with Gasteiger partial charge in [0.05, 0.1) is 12.2 Å². The van der Waals surface area contributed by atoms with Crippen molar-refractivity contribution in [1.82, 2.24) is 19.9 Å². The number of aryl methyl sites for hydroxylation is 2. The van der Waals surface area contributed by atoms with E-state index in [4.69, 9.17) is 4.74 Å². The van der Waals surface area contributed by atoms with E-state index in [-0.39, 0.29) is 17.5 Å². The third-order valence-corrected chi connectivity index (χ3v) is 5.94. The Morgan fingerprint density at radius 2 is 1.88 bits per heavy atom. The summed E-state index contributed by atoms with van der Waals surface area (Å²) < 4.78 is 48.2. The zero-order valence-corrected chi connectivity index (χ0v) is 22.1. The number of alkyl halides is 3. The molecule has 0 aliphatic rings. The van der Waals surface area contributed by atoms with Crippen LogP contribution in [0.15, 0.2) is 55.0 Å². The van der Waals surface area contributed by atoms with E-state index in [2.05, 4.69) is 30.8 Å². The summed E-state index contributed by atoms with van der Waals surface area (Å²) in [5, 5.41) is 13.0. The quantitative estimate of drug-likeness (QED) is 0.265. The van der Waals surface area contributed by atoms with Gasteiger partial charge in [-0.05, 0) is 62.2 Å². The first-order chi connectivity index (χ1) is 18.9. The SMILES string of the molecule is COC[C@H](C)NC(=O)c1cn2ncnc(Nc3cc(NC(=O)c4cccc(OC(F)(F)F)c4)ccc3C)c2c1C. The normalized spacial score (nSPS) is 12.2. The van der Waals surface area contributed by atoms with Gasteiger partial charge in [-0.25, -0.2) is 9.50 Å². The molecule has 4 aromatic rings. The lowest BCUT2D eigenvalue weighted by Gasteiger charge is -2.14. The number of amides is 2. The maximum absolute atomic E-state index is 12.8. The lowest BCUT2D eigenvalue weighted by molar-refractivity contribution is -0.274. The summed E-state index contributed by atoms with van der Waals surface area (Å²) >= 11 is 0. The lowest BCUT2D eigenvalue weighted by Crippen LogP contribution is -2.35. The monoisotopic (exact) mass is 556 g/mol. The zero-order chi connectivity index (χ0) is 29.0. The number of methoxy groups -OCH3 is 1. The van der Waals surface area contributed by atoms with Crippen LogP contribution in [0.5, 0.6) is 5.75 Å². The van der Waals surface area contributed by atoms with Gasteiger partial charge in [0.1, 0.15) is 17.6 Å². The average Bonchev–Trinajstić information content (AvgIpc) is 3.22. The predicted octanol–water partition coefficient (Wildman–Crippen LogP) is 5.01. The molecule has 210 valence electrons. The fourth-order valence-corrected chi connectivity index (χ4v) is 4.07. The minimum Gasteiger partial charge on any atom is -0.406 e. The molecule has 1 atom stereocenters. The van der Waals surface area contributed by atoms with Crippen molar-refractivity contribution in [2.45, 2.75) is 33.2 Å². The number of carbonyl (C=O) groups excluding carboxylic acids is 2. The van der Waals surface area contributed by atoms with Gasteiger partial charge >= 0.3 is 6.36 Å². The Kier molecular flexibility index (Phi) is 8.24. The van der Waals surface area contributed by atoms with Gasteiger partial charge in [0.15, 0.2) is 5.82 Å². The summed E-state index contributed by atoms with van der Waals surface area (Å²) in [5.41, 5.74) is 3.49. The van der Waals surface area contributed by atoms with E-state index >= 15 is 0 Å². The molecule has 2 aromatic heterocycles. The second-order valence-electron chi connectivity index (χ2n) is 9.08.